The van der Waals surface area contributed by atoms with E-state index in [9.17, 15) is 0 Å². The molecule has 152 valence electrons. The fraction of sp³-hybridized carbons (Fsp3) is 0. The molecule has 4 aromatic rings. The van der Waals surface area contributed by atoms with Gasteiger partial charge in [0.1, 0.15) is 23.0 Å². The van der Waals surface area contributed by atoms with Gasteiger partial charge in [-0.05, 0) is 84.9 Å². The van der Waals surface area contributed by atoms with Crippen LogP contribution in [0.25, 0.3) is 0 Å². The fourth-order valence-corrected chi connectivity index (χ4v) is 2.46. The van der Waals surface area contributed by atoms with Crippen LogP contribution in [0.3, 0.4) is 0 Å². The second-order valence-corrected chi connectivity index (χ2v) is 6.48. The van der Waals surface area contributed by atoms with Crippen molar-refractivity contribution in [1.29, 1.82) is 0 Å². The van der Waals surface area contributed by atoms with Crippen LogP contribution >= 0.6 is 0 Å². The van der Waals surface area contributed by atoms with E-state index in [2.05, 4.69) is 0 Å². The Bertz CT molecular complexity index is 1020. The average Bonchev–Trinajstić information content (AvgIpc) is 2.74. The molecule has 4 rings (SSSR count). The Balaban J connectivity index is 0.000000171. The van der Waals surface area contributed by atoms with Gasteiger partial charge in [0, 0.05) is 28.8 Å². The predicted molar refractivity (Wildman–Crippen MR) is 124 cm³/mol. The third-order valence-electron chi connectivity index (χ3n) is 3.97. The summed E-state index contributed by atoms with van der Waals surface area (Å²) in [6.45, 7) is 0. The van der Waals surface area contributed by atoms with Gasteiger partial charge in [-0.15, -0.1) is 0 Å². The molecule has 0 fully saturated rings. The first-order valence-electron chi connectivity index (χ1n) is 9.26. The molecule has 0 radical (unpaired) electrons. The van der Waals surface area contributed by atoms with Crippen molar-refractivity contribution in [2.75, 3.05) is 22.9 Å². The molecule has 8 N–H and O–H groups in total. The van der Waals surface area contributed by atoms with Crippen molar-refractivity contribution in [3.05, 3.63) is 97.1 Å². The topological polar surface area (TPSA) is 123 Å². The van der Waals surface area contributed by atoms with Crippen LogP contribution in [0, 0.1) is 0 Å². The van der Waals surface area contributed by atoms with Gasteiger partial charge in [0.25, 0.3) is 0 Å². The summed E-state index contributed by atoms with van der Waals surface area (Å²) in [5.41, 5.74) is 25.2. The van der Waals surface area contributed by atoms with Gasteiger partial charge in [0.05, 0.1) is 0 Å². The molecule has 6 heteroatoms. The highest BCUT2D eigenvalue weighted by molar-refractivity contribution is 5.47. The van der Waals surface area contributed by atoms with Crippen molar-refractivity contribution in [3.63, 3.8) is 0 Å². The SMILES string of the molecule is Nc1ccc(Oc2ccc(N)cc2)cc1.Nc1ccc(Oc2cccc(N)c2)cc1. The molecule has 0 saturated heterocycles. The monoisotopic (exact) mass is 400 g/mol. The highest BCUT2D eigenvalue weighted by Crippen LogP contribution is 2.24. The van der Waals surface area contributed by atoms with Crippen LogP contribution in [0.15, 0.2) is 97.1 Å². The van der Waals surface area contributed by atoms with Gasteiger partial charge in [0.15, 0.2) is 0 Å². The minimum absolute atomic E-state index is 0.683. The second-order valence-electron chi connectivity index (χ2n) is 6.48. The number of anilines is 4. The molecule has 6 nitrogen and oxygen atoms in total. The molecule has 0 atom stereocenters. The lowest BCUT2D eigenvalue weighted by Crippen LogP contribution is -1.88. The van der Waals surface area contributed by atoms with Crippen molar-refractivity contribution in [1.82, 2.24) is 0 Å². The van der Waals surface area contributed by atoms with E-state index in [1.165, 1.54) is 0 Å². The van der Waals surface area contributed by atoms with Gasteiger partial charge < -0.3 is 32.4 Å². The molecule has 0 aliphatic heterocycles. The lowest BCUT2D eigenvalue weighted by molar-refractivity contribution is 0.482. The molecule has 0 heterocycles. The van der Waals surface area contributed by atoms with E-state index in [1.807, 2.05) is 54.6 Å². The van der Waals surface area contributed by atoms with E-state index >= 15 is 0 Å². The molecule has 0 aromatic heterocycles. The molecule has 0 aliphatic rings. The minimum Gasteiger partial charge on any atom is -0.457 e. The van der Waals surface area contributed by atoms with Gasteiger partial charge in [-0.1, -0.05) is 6.07 Å². The zero-order valence-corrected chi connectivity index (χ0v) is 16.4. The van der Waals surface area contributed by atoms with Crippen LogP contribution in [0.2, 0.25) is 0 Å². The van der Waals surface area contributed by atoms with Crippen LogP contribution in [-0.4, -0.2) is 0 Å². The zero-order valence-electron chi connectivity index (χ0n) is 16.4. The maximum absolute atomic E-state index is 5.64. The molecular formula is C24H24N4O2. The van der Waals surface area contributed by atoms with Crippen LogP contribution in [0.1, 0.15) is 0 Å². The van der Waals surface area contributed by atoms with Crippen LogP contribution in [-0.2, 0) is 0 Å². The molecular weight excluding hydrogens is 376 g/mol. The second kappa shape index (κ2) is 9.75. The number of benzene rings is 4. The smallest absolute Gasteiger partial charge is 0.129 e. The largest absolute Gasteiger partial charge is 0.457 e. The average molecular weight is 400 g/mol. The quantitative estimate of drug-likeness (QED) is 0.345. The zero-order chi connectivity index (χ0) is 21.3. The molecule has 0 unspecified atom stereocenters. The summed E-state index contributed by atoms with van der Waals surface area (Å²) >= 11 is 0. The number of nitrogen functional groups attached to an aromatic ring is 4. The Morgan fingerprint density at radius 1 is 0.367 bits per heavy atom. The van der Waals surface area contributed by atoms with E-state index in [-0.39, 0.29) is 0 Å². The van der Waals surface area contributed by atoms with Crippen molar-refractivity contribution in [3.8, 4) is 23.0 Å². The summed E-state index contributed by atoms with van der Waals surface area (Å²) in [5, 5.41) is 0. The van der Waals surface area contributed by atoms with Crippen molar-refractivity contribution < 1.29 is 9.47 Å². The number of hydrogen-bond acceptors (Lipinski definition) is 6. The highest BCUT2D eigenvalue weighted by Gasteiger charge is 1.97. The lowest BCUT2D eigenvalue weighted by atomic mass is 10.3. The Hall–Kier alpha value is -4.32. The van der Waals surface area contributed by atoms with Gasteiger partial charge in [0.2, 0.25) is 0 Å². The standard InChI is InChI=1S/2C12H12N2O/c13-9-1-5-11(6-2-9)15-12-7-3-10(14)4-8-12;13-9-4-6-11(7-5-9)15-12-3-1-2-10(14)8-12/h2*1-8H,13-14H2. The predicted octanol–water partition coefficient (Wildman–Crippen LogP) is 5.29. The highest BCUT2D eigenvalue weighted by atomic mass is 16.5. The maximum Gasteiger partial charge on any atom is 0.129 e. The normalized spacial score (nSPS) is 9.87. The van der Waals surface area contributed by atoms with Crippen molar-refractivity contribution in [2.45, 2.75) is 0 Å². The third-order valence-corrected chi connectivity index (χ3v) is 3.97. The molecule has 0 saturated carbocycles. The first-order chi connectivity index (χ1) is 14.5. The van der Waals surface area contributed by atoms with Crippen LogP contribution < -0.4 is 32.4 Å². The van der Waals surface area contributed by atoms with Crippen molar-refractivity contribution >= 4 is 22.7 Å². The molecule has 0 aliphatic carbocycles. The molecule has 0 spiro atoms. The molecule has 30 heavy (non-hydrogen) atoms. The van der Waals surface area contributed by atoms with Gasteiger partial charge in [-0.3, -0.25) is 0 Å². The minimum atomic E-state index is 0.683. The number of rotatable bonds is 4. The van der Waals surface area contributed by atoms with Gasteiger partial charge in [-0.2, -0.15) is 0 Å². The van der Waals surface area contributed by atoms with E-state index in [1.54, 1.807) is 42.5 Å². The number of ether oxygens (including phenoxy) is 2. The fourth-order valence-electron chi connectivity index (χ4n) is 2.46. The van der Waals surface area contributed by atoms with E-state index < -0.39 is 0 Å². The summed E-state index contributed by atoms with van der Waals surface area (Å²) in [4.78, 5) is 0. The van der Waals surface area contributed by atoms with E-state index in [0.29, 0.717) is 5.69 Å². The molecule has 4 aromatic carbocycles. The number of nitrogens with two attached hydrogens (primary N) is 4. The van der Waals surface area contributed by atoms with Crippen LogP contribution in [0.5, 0.6) is 23.0 Å². The molecule has 0 bridgehead atoms. The van der Waals surface area contributed by atoms with E-state index in [0.717, 1.165) is 40.1 Å². The molecule has 0 amide bonds. The first-order valence-corrected chi connectivity index (χ1v) is 9.26. The lowest BCUT2D eigenvalue weighted by Gasteiger charge is -2.06. The van der Waals surface area contributed by atoms with Gasteiger partial charge >= 0.3 is 0 Å². The maximum atomic E-state index is 5.64. The van der Waals surface area contributed by atoms with Gasteiger partial charge in [-0.25, -0.2) is 0 Å². The Kier molecular flexibility index (Phi) is 6.63. The van der Waals surface area contributed by atoms with E-state index in [4.69, 9.17) is 32.4 Å². The summed E-state index contributed by atoms with van der Waals surface area (Å²) in [5.74, 6) is 2.98. The summed E-state index contributed by atoms with van der Waals surface area (Å²) in [6, 6.07) is 29.0. The first kappa shape index (κ1) is 20.4. The Morgan fingerprint density at radius 2 is 0.733 bits per heavy atom. The number of hydrogen-bond donors (Lipinski definition) is 4. The summed E-state index contributed by atoms with van der Waals surface area (Å²) < 4.78 is 11.2. The Morgan fingerprint density at radius 3 is 1.10 bits per heavy atom. The summed E-state index contributed by atoms with van der Waals surface area (Å²) in [7, 11) is 0. The van der Waals surface area contributed by atoms with Crippen molar-refractivity contribution in [2.24, 2.45) is 0 Å². The van der Waals surface area contributed by atoms with Crippen LogP contribution in [0.4, 0.5) is 22.7 Å². The Labute approximate surface area is 175 Å². The summed E-state index contributed by atoms with van der Waals surface area (Å²) in [6.07, 6.45) is 0. The third kappa shape index (κ3) is 6.38.